The van der Waals surface area contributed by atoms with Gasteiger partial charge in [-0.05, 0) is 113 Å². The van der Waals surface area contributed by atoms with E-state index in [1.807, 2.05) is 146 Å². The topological polar surface area (TPSA) is 222 Å². The zero-order valence-electron chi connectivity index (χ0n) is 49.4. The van der Waals surface area contributed by atoms with Crippen LogP contribution in [0.2, 0.25) is 0 Å². The van der Waals surface area contributed by atoms with Crippen LogP contribution in [-0.2, 0) is 51.2 Å². The first kappa shape index (κ1) is 65.9. The molecular formula is C66H82Cl2N10O8. The van der Waals surface area contributed by atoms with Gasteiger partial charge in [0.05, 0.1) is 24.2 Å². The highest BCUT2D eigenvalue weighted by Gasteiger charge is 2.48. The van der Waals surface area contributed by atoms with Crippen molar-refractivity contribution in [1.29, 1.82) is 0 Å². The van der Waals surface area contributed by atoms with Gasteiger partial charge in [0.15, 0.2) is 0 Å². The summed E-state index contributed by atoms with van der Waals surface area (Å²) in [6.45, 7) is 3.98. The molecule has 0 aliphatic carbocycles. The van der Waals surface area contributed by atoms with E-state index in [0.717, 1.165) is 33.4 Å². The van der Waals surface area contributed by atoms with Gasteiger partial charge in [-0.25, -0.2) is 0 Å². The van der Waals surface area contributed by atoms with E-state index in [1.54, 1.807) is 47.5 Å². The van der Waals surface area contributed by atoms with Crippen LogP contribution >= 0.6 is 24.8 Å². The number of benzene rings is 5. The van der Waals surface area contributed by atoms with Crippen LogP contribution in [0.1, 0.15) is 111 Å². The third-order valence-electron chi connectivity index (χ3n) is 17.4. The van der Waals surface area contributed by atoms with Crippen molar-refractivity contribution in [3.8, 4) is 0 Å². The Hall–Kier alpha value is -7.64. The van der Waals surface area contributed by atoms with E-state index >= 15 is 0 Å². The van der Waals surface area contributed by atoms with Crippen molar-refractivity contribution < 1.29 is 38.4 Å². The number of hydrogen-bond donors (Lipinski definition) is 6. The van der Waals surface area contributed by atoms with Crippen molar-refractivity contribution in [3.63, 3.8) is 0 Å². The molecule has 458 valence electrons. The molecule has 4 fully saturated rings. The largest absolute Gasteiger partial charge is 0.343 e. The average Bonchev–Trinajstić information content (AvgIpc) is 2.23. The van der Waals surface area contributed by atoms with E-state index in [0.29, 0.717) is 64.5 Å². The normalized spacial score (nSPS) is 21.0. The smallest absolute Gasteiger partial charge is 0.247 e. The lowest BCUT2D eigenvalue weighted by molar-refractivity contribution is -0.147. The van der Waals surface area contributed by atoms with Crippen LogP contribution in [0.3, 0.4) is 0 Å². The predicted octanol–water partition coefficient (Wildman–Crippen LogP) is 5.58. The molecule has 0 radical (unpaired) electrons. The summed E-state index contributed by atoms with van der Waals surface area (Å²) in [5.74, 6) is -2.45. The highest BCUT2D eigenvalue weighted by molar-refractivity contribution is 5.96. The lowest BCUT2D eigenvalue weighted by atomic mass is 9.98. The fourth-order valence-electron chi connectivity index (χ4n) is 12.3. The van der Waals surface area contributed by atoms with E-state index in [-0.39, 0.29) is 86.5 Å². The molecule has 5 aromatic rings. The van der Waals surface area contributed by atoms with Crippen LogP contribution in [0.15, 0.2) is 146 Å². The zero-order valence-corrected chi connectivity index (χ0v) is 51.0. The van der Waals surface area contributed by atoms with Gasteiger partial charge in [-0.3, -0.25) is 38.4 Å². The van der Waals surface area contributed by atoms with E-state index in [1.165, 1.54) is 0 Å². The number of rotatable bonds is 20. The van der Waals surface area contributed by atoms with Crippen LogP contribution in [0.25, 0.3) is 0 Å². The summed E-state index contributed by atoms with van der Waals surface area (Å²) in [6.07, 6.45) is 4.12. The molecule has 8 atom stereocenters. The molecule has 0 aromatic heterocycles. The van der Waals surface area contributed by atoms with Crippen molar-refractivity contribution in [2.75, 3.05) is 40.3 Å². The van der Waals surface area contributed by atoms with Gasteiger partial charge in [0, 0.05) is 51.1 Å². The molecule has 6 N–H and O–H groups in total. The third-order valence-corrected chi connectivity index (χ3v) is 17.4. The SMILES string of the molecule is CNC(C)C(=O)N[C@H]1CN(C(=O)CCc2ccc(CCC(=O)N3CC[C@H]4CC[C@@H](C(=O)NC(c5ccccc5)c5ccccc5)N4C(=O)[C@@H](NC(=O)[C@H](C)NC)C3)cc2)CC[C@H]2CC[C@@H](C(=O)NC(c3ccccc3)c3ccccc3)N2C1=O.Cl.Cl. The summed E-state index contributed by atoms with van der Waals surface area (Å²) in [5, 5.41) is 18.2. The molecule has 86 heavy (non-hydrogen) atoms. The Morgan fingerprint density at radius 2 is 0.767 bits per heavy atom. The van der Waals surface area contributed by atoms with Crippen molar-refractivity contribution in [1.82, 2.24) is 51.5 Å². The minimum atomic E-state index is -1.08. The van der Waals surface area contributed by atoms with Crippen LogP contribution in [0.4, 0.5) is 0 Å². The Bertz CT molecular complexity index is 2810. The summed E-state index contributed by atoms with van der Waals surface area (Å²) in [6, 6.07) is 40.1. The monoisotopic (exact) mass is 1210 g/mol. The summed E-state index contributed by atoms with van der Waals surface area (Å²) in [4.78, 5) is 120. The number of nitrogens with zero attached hydrogens (tertiary/aromatic N) is 4. The second-order valence-corrected chi connectivity index (χ2v) is 22.7. The number of aryl methyl sites for hydroxylation is 2. The van der Waals surface area contributed by atoms with Crippen molar-refractivity contribution in [3.05, 3.63) is 179 Å². The molecule has 0 spiro atoms. The van der Waals surface area contributed by atoms with Crippen LogP contribution in [0.5, 0.6) is 0 Å². The minimum absolute atomic E-state index is 0. The number of carbonyl (C=O) groups is 8. The summed E-state index contributed by atoms with van der Waals surface area (Å²) < 4.78 is 0. The molecule has 20 heteroatoms. The Labute approximate surface area is 517 Å². The first-order valence-electron chi connectivity index (χ1n) is 29.7. The van der Waals surface area contributed by atoms with Crippen LogP contribution in [-0.4, -0.2) is 155 Å². The molecule has 9 rings (SSSR count). The number of nitrogens with one attached hydrogen (secondary N) is 6. The fraction of sp³-hybridized carbons (Fsp3) is 0.424. The van der Waals surface area contributed by atoms with Gasteiger partial charge in [0.25, 0.3) is 0 Å². The molecule has 0 saturated carbocycles. The molecule has 0 bridgehead atoms. The van der Waals surface area contributed by atoms with E-state index in [9.17, 15) is 38.4 Å². The maximum absolute atomic E-state index is 14.7. The van der Waals surface area contributed by atoms with Gasteiger partial charge in [-0.1, -0.05) is 146 Å². The zero-order chi connectivity index (χ0) is 59.3. The van der Waals surface area contributed by atoms with Gasteiger partial charge in [0.1, 0.15) is 24.2 Å². The summed E-state index contributed by atoms with van der Waals surface area (Å²) in [7, 11) is 3.31. The third kappa shape index (κ3) is 16.1. The van der Waals surface area contributed by atoms with Crippen molar-refractivity contribution in [2.45, 2.75) is 138 Å². The van der Waals surface area contributed by atoms with E-state index < -0.39 is 72.0 Å². The predicted molar refractivity (Wildman–Crippen MR) is 334 cm³/mol. The van der Waals surface area contributed by atoms with Gasteiger partial charge in [0.2, 0.25) is 47.3 Å². The second-order valence-electron chi connectivity index (χ2n) is 22.7. The highest BCUT2D eigenvalue weighted by atomic mass is 35.5. The van der Waals surface area contributed by atoms with Gasteiger partial charge in [-0.2, -0.15) is 0 Å². The number of fused-ring (bicyclic) bond motifs is 2. The van der Waals surface area contributed by atoms with Gasteiger partial charge >= 0.3 is 0 Å². The maximum atomic E-state index is 14.7. The molecule has 4 aliphatic rings. The second kappa shape index (κ2) is 31.1. The van der Waals surface area contributed by atoms with Gasteiger partial charge < -0.3 is 51.5 Å². The number of halogens is 2. The maximum Gasteiger partial charge on any atom is 0.247 e. The van der Waals surface area contributed by atoms with E-state index in [2.05, 4.69) is 31.9 Å². The first-order valence-corrected chi connectivity index (χ1v) is 29.7. The molecular weight excluding hydrogens is 1130 g/mol. The lowest BCUT2D eigenvalue weighted by Crippen LogP contribution is -2.62. The average molecular weight is 1210 g/mol. The Balaban J connectivity index is 0.00000529. The van der Waals surface area contributed by atoms with Crippen molar-refractivity contribution >= 4 is 72.1 Å². The standard InChI is InChI=1S/C66H80N10O8.2ClH/c1-43(67-3)61(79)69-53-41-73(39-37-51-31-33-55(75(51)65(53)83)63(81)71-59(47-17-9-5-10-18-47)48-19-11-6-12-20-48)57(77)35-29-45-25-27-46(28-26-45)30-36-58(78)74-40-38-52-32-34-56(76(52)66(84)54(42-74)70-62(80)44(2)68-4)64(82)72-60(49-21-13-7-14-22-49)50-23-15-8-16-24-50;;/h5-28,43-44,51-56,59-60,67-68H,29-42H2,1-4H3,(H,69,79)(H,70,80)(H,71,81)(H,72,82);2*1H/t43-,44?,51+,52+,53-,54-,55-,56-;;/m0../s1. The molecule has 18 nitrogen and oxygen atoms in total. The van der Waals surface area contributed by atoms with Crippen molar-refractivity contribution in [2.24, 2.45) is 0 Å². The first-order chi connectivity index (χ1) is 40.7. The molecule has 5 aromatic carbocycles. The minimum Gasteiger partial charge on any atom is -0.343 e. The van der Waals surface area contributed by atoms with Gasteiger partial charge in [-0.15, -0.1) is 24.8 Å². The molecule has 4 aliphatic heterocycles. The quantitative estimate of drug-likeness (QED) is 0.0569. The summed E-state index contributed by atoms with van der Waals surface area (Å²) >= 11 is 0. The molecule has 8 amide bonds. The van der Waals surface area contributed by atoms with Crippen LogP contribution < -0.4 is 31.9 Å². The fourth-order valence-corrected chi connectivity index (χ4v) is 12.3. The molecule has 4 saturated heterocycles. The summed E-state index contributed by atoms with van der Waals surface area (Å²) in [5.41, 5.74) is 5.45. The molecule has 4 heterocycles. The highest BCUT2D eigenvalue weighted by Crippen LogP contribution is 2.33. The van der Waals surface area contributed by atoms with Crippen LogP contribution in [0, 0.1) is 0 Å². The Kier molecular flexibility index (Phi) is 23.9. The molecule has 1 unspecified atom stereocenters. The Morgan fingerprint density at radius 1 is 0.453 bits per heavy atom. The Morgan fingerprint density at radius 3 is 1.07 bits per heavy atom. The van der Waals surface area contributed by atoms with E-state index in [4.69, 9.17) is 0 Å². The lowest BCUT2D eigenvalue weighted by Gasteiger charge is -2.39. The number of amides is 8. The number of likely N-dealkylation sites (N-methyl/N-ethyl adjacent to an activating group) is 2. The number of hydrogen-bond acceptors (Lipinski definition) is 10. The number of carbonyl (C=O) groups excluding carboxylic acids is 8.